The molecule has 1 aliphatic heterocycles. The second kappa shape index (κ2) is 6.39. The summed E-state index contributed by atoms with van der Waals surface area (Å²) in [7, 11) is -3.18. The Bertz CT molecular complexity index is 497. The van der Waals surface area contributed by atoms with E-state index >= 15 is 0 Å². The summed E-state index contributed by atoms with van der Waals surface area (Å²) in [6.45, 7) is 7.59. The first-order valence-electron chi connectivity index (χ1n) is 6.60. The SMILES string of the molecule is C=CC(=O)NCCC(=O)N1CCC(C)(C)S(=O)(=O)CC1. The quantitative estimate of drug-likeness (QED) is 0.747. The van der Waals surface area contributed by atoms with Gasteiger partial charge in [0.05, 0.1) is 10.5 Å². The van der Waals surface area contributed by atoms with E-state index in [4.69, 9.17) is 0 Å². The van der Waals surface area contributed by atoms with Crippen molar-refractivity contribution in [3.8, 4) is 0 Å². The second-order valence-electron chi connectivity index (χ2n) is 5.45. The fourth-order valence-corrected chi connectivity index (χ4v) is 3.37. The number of hydrogen-bond acceptors (Lipinski definition) is 4. The van der Waals surface area contributed by atoms with Crippen LogP contribution in [0.3, 0.4) is 0 Å². The first-order chi connectivity index (χ1) is 9.19. The van der Waals surface area contributed by atoms with Gasteiger partial charge >= 0.3 is 0 Å². The maximum absolute atomic E-state index is 12.0. The molecule has 0 aromatic carbocycles. The van der Waals surface area contributed by atoms with Crippen molar-refractivity contribution in [3.05, 3.63) is 12.7 Å². The lowest BCUT2D eigenvalue weighted by atomic mass is 10.1. The molecular formula is C13H22N2O4S. The molecule has 0 radical (unpaired) electrons. The summed E-state index contributed by atoms with van der Waals surface area (Å²) < 4.78 is 23.3. The molecule has 1 rings (SSSR count). The molecule has 20 heavy (non-hydrogen) atoms. The fourth-order valence-electron chi connectivity index (χ4n) is 1.95. The standard InChI is InChI=1S/C13H22N2O4S/c1-4-11(16)14-7-5-12(17)15-8-6-13(2,3)20(18,19)10-9-15/h4H,1,5-10H2,2-3H3,(H,14,16). The van der Waals surface area contributed by atoms with Gasteiger partial charge in [-0.25, -0.2) is 8.42 Å². The summed E-state index contributed by atoms with van der Waals surface area (Å²) in [5.41, 5.74) is 0. The van der Waals surface area contributed by atoms with Gasteiger partial charge in [0.1, 0.15) is 0 Å². The summed E-state index contributed by atoms with van der Waals surface area (Å²) in [6, 6.07) is 0. The molecule has 0 aromatic rings. The number of nitrogens with one attached hydrogen (secondary N) is 1. The van der Waals surface area contributed by atoms with Gasteiger partial charge in [-0.2, -0.15) is 0 Å². The largest absolute Gasteiger partial charge is 0.352 e. The average molecular weight is 302 g/mol. The lowest BCUT2D eigenvalue weighted by molar-refractivity contribution is -0.130. The van der Waals surface area contributed by atoms with Crippen LogP contribution in [0.4, 0.5) is 0 Å². The monoisotopic (exact) mass is 302 g/mol. The van der Waals surface area contributed by atoms with Crippen LogP contribution in [0.1, 0.15) is 26.7 Å². The predicted molar refractivity (Wildman–Crippen MR) is 76.9 cm³/mol. The lowest BCUT2D eigenvalue weighted by Crippen LogP contribution is -2.36. The normalized spacial score (nSPS) is 20.8. The van der Waals surface area contributed by atoms with Gasteiger partial charge in [0.2, 0.25) is 11.8 Å². The summed E-state index contributed by atoms with van der Waals surface area (Å²) in [4.78, 5) is 24.5. The Kier molecular flexibility index (Phi) is 5.33. The van der Waals surface area contributed by atoms with Gasteiger partial charge in [0.15, 0.2) is 9.84 Å². The van der Waals surface area contributed by atoms with E-state index in [9.17, 15) is 18.0 Å². The van der Waals surface area contributed by atoms with Crippen LogP contribution >= 0.6 is 0 Å². The number of amides is 2. The van der Waals surface area contributed by atoms with E-state index in [0.29, 0.717) is 13.0 Å². The first-order valence-corrected chi connectivity index (χ1v) is 8.25. The predicted octanol–water partition coefficient (Wildman–Crippen LogP) is 0.104. The summed E-state index contributed by atoms with van der Waals surface area (Å²) >= 11 is 0. The van der Waals surface area contributed by atoms with E-state index in [1.165, 1.54) is 0 Å². The van der Waals surface area contributed by atoms with Gasteiger partial charge in [0.25, 0.3) is 0 Å². The van der Waals surface area contributed by atoms with Crippen LogP contribution in [0.25, 0.3) is 0 Å². The minimum atomic E-state index is -3.18. The molecule has 1 heterocycles. The van der Waals surface area contributed by atoms with Crippen molar-refractivity contribution in [2.75, 3.05) is 25.4 Å². The van der Waals surface area contributed by atoms with Gasteiger partial charge in [-0.1, -0.05) is 6.58 Å². The maximum atomic E-state index is 12.0. The number of carbonyl (C=O) groups excluding carboxylic acids is 2. The molecule has 0 aromatic heterocycles. The van der Waals surface area contributed by atoms with Crippen molar-refractivity contribution in [2.24, 2.45) is 0 Å². The van der Waals surface area contributed by atoms with E-state index in [2.05, 4.69) is 11.9 Å². The van der Waals surface area contributed by atoms with Gasteiger partial charge in [0, 0.05) is 26.1 Å². The van der Waals surface area contributed by atoms with Crippen molar-refractivity contribution in [1.29, 1.82) is 0 Å². The molecule has 1 N–H and O–H groups in total. The van der Waals surface area contributed by atoms with Crippen molar-refractivity contribution in [1.82, 2.24) is 10.2 Å². The zero-order chi connectivity index (χ0) is 15.4. The molecule has 1 aliphatic rings. The van der Waals surface area contributed by atoms with E-state index < -0.39 is 14.6 Å². The third kappa shape index (κ3) is 4.06. The molecule has 6 nitrogen and oxygen atoms in total. The molecule has 1 saturated heterocycles. The van der Waals surface area contributed by atoms with Gasteiger partial charge in [-0.05, 0) is 26.3 Å². The van der Waals surface area contributed by atoms with E-state index in [0.717, 1.165) is 6.08 Å². The minimum absolute atomic E-state index is 0.00917. The van der Waals surface area contributed by atoms with Crippen LogP contribution < -0.4 is 5.32 Å². The van der Waals surface area contributed by atoms with Crippen molar-refractivity contribution in [3.63, 3.8) is 0 Å². The third-order valence-corrected chi connectivity index (χ3v) is 6.24. The Hall–Kier alpha value is -1.37. The average Bonchev–Trinajstić information content (AvgIpc) is 2.47. The van der Waals surface area contributed by atoms with Crippen LogP contribution in [0.5, 0.6) is 0 Å². The van der Waals surface area contributed by atoms with Crippen molar-refractivity contribution in [2.45, 2.75) is 31.4 Å². The van der Waals surface area contributed by atoms with Crippen LogP contribution in [0, 0.1) is 0 Å². The summed E-state index contributed by atoms with van der Waals surface area (Å²) in [5.74, 6) is -0.468. The van der Waals surface area contributed by atoms with Crippen LogP contribution in [0.2, 0.25) is 0 Å². The second-order valence-corrected chi connectivity index (χ2v) is 8.20. The van der Waals surface area contributed by atoms with Crippen LogP contribution in [-0.4, -0.2) is 55.3 Å². The fraction of sp³-hybridized carbons (Fsp3) is 0.692. The molecule has 0 saturated carbocycles. The van der Waals surface area contributed by atoms with E-state index in [1.807, 2.05) is 0 Å². The molecule has 2 amide bonds. The third-order valence-electron chi connectivity index (χ3n) is 3.63. The van der Waals surface area contributed by atoms with Crippen molar-refractivity contribution >= 4 is 21.7 Å². The van der Waals surface area contributed by atoms with Crippen molar-refractivity contribution < 1.29 is 18.0 Å². The number of rotatable bonds is 4. The highest BCUT2D eigenvalue weighted by molar-refractivity contribution is 7.92. The summed E-state index contributed by atoms with van der Waals surface area (Å²) in [5, 5.41) is 2.53. The molecule has 0 atom stereocenters. The van der Waals surface area contributed by atoms with Gasteiger partial charge < -0.3 is 10.2 Å². The maximum Gasteiger partial charge on any atom is 0.243 e. The van der Waals surface area contributed by atoms with Crippen LogP contribution in [-0.2, 0) is 19.4 Å². The summed E-state index contributed by atoms with van der Waals surface area (Å²) in [6.07, 6.45) is 1.74. The number of sulfone groups is 1. The first kappa shape index (κ1) is 16.7. The zero-order valence-electron chi connectivity index (χ0n) is 12.0. The molecule has 0 unspecified atom stereocenters. The highest BCUT2D eigenvalue weighted by Crippen LogP contribution is 2.25. The Morgan fingerprint density at radius 1 is 1.35 bits per heavy atom. The van der Waals surface area contributed by atoms with Gasteiger partial charge in [-0.15, -0.1) is 0 Å². The lowest BCUT2D eigenvalue weighted by Gasteiger charge is -2.22. The Morgan fingerprint density at radius 3 is 2.60 bits per heavy atom. The highest BCUT2D eigenvalue weighted by Gasteiger charge is 2.37. The number of nitrogens with zero attached hydrogens (tertiary/aromatic N) is 1. The van der Waals surface area contributed by atoms with Gasteiger partial charge in [-0.3, -0.25) is 9.59 Å². The molecule has 114 valence electrons. The Morgan fingerprint density at radius 2 is 2.00 bits per heavy atom. The molecule has 0 bridgehead atoms. The zero-order valence-corrected chi connectivity index (χ0v) is 12.8. The Labute approximate surface area is 120 Å². The van der Waals surface area contributed by atoms with E-state index in [1.54, 1.807) is 18.7 Å². The van der Waals surface area contributed by atoms with Crippen LogP contribution in [0.15, 0.2) is 12.7 Å². The molecule has 1 fully saturated rings. The minimum Gasteiger partial charge on any atom is -0.352 e. The topological polar surface area (TPSA) is 83.6 Å². The molecular weight excluding hydrogens is 280 g/mol. The highest BCUT2D eigenvalue weighted by atomic mass is 32.2. The van der Waals surface area contributed by atoms with E-state index in [-0.39, 0.29) is 37.1 Å². The Balaban J connectivity index is 2.55. The molecule has 0 spiro atoms. The molecule has 0 aliphatic carbocycles. The molecule has 7 heteroatoms. The number of carbonyl (C=O) groups is 2. The smallest absolute Gasteiger partial charge is 0.243 e. The number of hydrogen-bond donors (Lipinski definition) is 1.